The molecule has 0 unspecified atom stereocenters. The van der Waals surface area contributed by atoms with E-state index in [9.17, 15) is 35.5 Å². The molecule has 42 heavy (non-hydrogen) atoms. The highest BCUT2D eigenvalue weighted by Gasteiger charge is 2.61. The van der Waals surface area contributed by atoms with Crippen LogP contribution < -0.4 is 15.4 Å². The topological polar surface area (TPSA) is 94.0 Å². The quantitative estimate of drug-likeness (QED) is 0.250. The minimum Gasteiger partial charge on any atom is -0.426 e. The zero-order chi connectivity index (χ0) is 30.5. The monoisotopic (exact) mass is 596 g/mol. The molecule has 0 aliphatic rings. The Morgan fingerprint density at radius 3 is 2.21 bits per heavy atom. The van der Waals surface area contributed by atoms with E-state index in [-0.39, 0.29) is 30.5 Å². The van der Waals surface area contributed by atoms with Gasteiger partial charge >= 0.3 is 18.3 Å². The van der Waals surface area contributed by atoms with Gasteiger partial charge in [0.15, 0.2) is 5.82 Å². The van der Waals surface area contributed by atoms with Gasteiger partial charge in [-0.1, -0.05) is 42.5 Å². The standard InChI is InChI=1S/C27H23F7N6O2/c1-40-38-23(37-39-40)11-12-35-24(41)36-25(16-17-5-3-2-4-6-17,18-7-9-20(28)10-8-18)19-13-21(29)15-22(14-19)42-27(33,34)26(30,31)32/h2-10,13-15H,11-12,16H2,1H3,(H2,35,36,41)/t25-/m1/s1. The number of nitrogens with zero attached hydrogens (tertiary/aromatic N) is 4. The molecular formula is C27H23F7N6O2. The van der Waals surface area contributed by atoms with Gasteiger partial charge in [0.25, 0.3) is 0 Å². The van der Waals surface area contributed by atoms with Gasteiger partial charge in [-0.05, 0) is 46.2 Å². The number of halogens is 7. The van der Waals surface area contributed by atoms with Crippen molar-refractivity contribution in [2.75, 3.05) is 6.54 Å². The average molecular weight is 597 g/mol. The van der Waals surface area contributed by atoms with Crippen LogP contribution in [-0.2, 0) is 25.4 Å². The molecule has 8 nitrogen and oxygen atoms in total. The first-order valence-corrected chi connectivity index (χ1v) is 12.3. The summed E-state index contributed by atoms with van der Waals surface area (Å²) in [6.45, 7) is 0.0116. The maximum absolute atomic E-state index is 14.9. The van der Waals surface area contributed by atoms with E-state index < -0.39 is 41.2 Å². The molecule has 3 aromatic carbocycles. The fourth-order valence-electron chi connectivity index (χ4n) is 4.22. The number of amides is 2. The van der Waals surface area contributed by atoms with E-state index >= 15 is 0 Å². The molecule has 0 saturated carbocycles. The molecule has 4 rings (SSSR count). The molecule has 1 heterocycles. The van der Waals surface area contributed by atoms with Crippen molar-refractivity contribution in [3.05, 3.63) is 107 Å². The molecule has 4 aromatic rings. The lowest BCUT2D eigenvalue weighted by Crippen LogP contribution is -2.52. The van der Waals surface area contributed by atoms with E-state index in [1.807, 2.05) is 0 Å². The lowest BCUT2D eigenvalue weighted by atomic mass is 9.77. The zero-order valence-corrected chi connectivity index (χ0v) is 21.8. The molecule has 1 atom stereocenters. The van der Waals surface area contributed by atoms with Crippen molar-refractivity contribution in [1.82, 2.24) is 30.8 Å². The van der Waals surface area contributed by atoms with Crippen molar-refractivity contribution in [1.29, 1.82) is 0 Å². The smallest absolute Gasteiger partial charge is 0.426 e. The number of hydrogen-bond donors (Lipinski definition) is 2. The van der Waals surface area contributed by atoms with E-state index in [0.29, 0.717) is 17.5 Å². The van der Waals surface area contributed by atoms with Crippen molar-refractivity contribution in [2.45, 2.75) is 30.7 Å². The molecule has 2 N–H and O–H groups in total. The van der Waals surface area contributed by atoms with Crippen LogP contribution >= 0.6 is 0 Å². The minimum atomic E-state index is -6.09. The normalized spacial score (nSPS) is 13.3. The Morgan fingerprint density at radius 2 is 1.60 bits per heavy atom. The molecule has 0 spiro atoms. The molecular weight excluding hydrogens is 573 g/mol. The van der Waals surface area contributed by atoms with E-state index in [2.05, 4.69) is 30.8 Å². The van der Waals surface area contributed by atoms with Gasteiger partial charge in [-0.3, -0.25) is 0 Å². The maximum atomic E-state index is 14.9. The summed E-state index contributed by atoms with van der Waals surface area (Å²) in [5.74, 6) is -2.70. The SMILES string of the molecule is Cn1nnc(CCNC(=O)N[C@](Cc2ccccc2)(c2ccc(F)cc2)c2cc(F)cc(OC(F)(F)C(F)(F)F)c2)n1. The number of urea groups is 1. The number of tetrazole rings is 1. The van der Waals surface area contributed by atoms with Gasteiger partial charge in [-0.15, -0.1) is 10.2 Å². The number of aromatic nitrogens is 4. The number of hydrogen-bond acceptors (Lipinski definition) is 5. The fraction of sp³-hybridized carbons (Fsp3) is 0.259. The van der Waals surface area contributed by atoms with E-state index in [4.69, 9.17) is 0 Å². The predicted octanol–water partition coefficient (Wildman–Crippen LogP) is 5.05. The van der Waals surface area contributed by atoms with Crippen molar-refractivity contribution in [3.8, 4) is 5.75 Å². The summed E-state index contributed by atoms with van der Waals surface area (Å²) < 4.78 is 98.9. The number of nitrogens with one attached hydrogen (secondary N) is 2. The average Bonchev–Trinajstić information content (AvgIpc) is 3.32. The number of aryl methyl sites for hydroxylation is 1. The number of carbonyl (C=O) groups is 1. The summed E-state index contributed by atoms with van der Waals surface area (Å²) in [6.07, 6.45) is -11.7. The number of carbonyl (C=O) groups excluding carboxylic acids is 1. The summed E-state index contributed by atoms with van der Waals surface area (Å²) >= 11 is 0. The highest BCUT2D eigenvalue weighted by Crippen LogP contribution is 2.40. The third kappa shape index (κ3) is 7.14. The molecule has 0 aliphatic carbocycles. The summed E-state index contributed by atoms with van der Waals surface area (Å²) in [5.41, 5.74) is -1.36. The van der Waals surface area contributed by atoms with Gasteiger partial charge < -0.3 is 15.4 Å². The van der Waals surface area contributed by atoms with Crippen molar-refractivity contribution < 1.29 is 40.3 Å². The Morgan fingerprint density at radius 1 is 0.905 bits per heavy atom. The molecule has 0 bridgehead atoms. The number of rotatable bonds is 10. The van der Waals surface area contributed by atoms with Crippen molar-refractivity contribution >= 4 is 6.03 Å². The third-order valence-electron chi connectivity index (χ3n) is 6.10. The second-order valence-corrected chi connectivity index (χ2v) is 9.19. The Hall–Kier alpha value is -4.69. The molecule has 222 valence electrons. The Labute approximate surface area is 234 Å². The van der Waals surface area contributed by atoms with Crippen LogP contribution in [0.4, 0.5) is 35.5 Å². The van der Waals surface area contributed by atoms with Crippen LogP contribution in [0.15, 0.2) is 72.8 Å². The van der Waals surface area contributed by atoms with Gasteiger partial charge in [0.2, 0.25) is 0 Å². The van der Waals surface area contributed by atoms with Crippen LogP contribution in [0.1, 0.15) is 22.5 Å². The van der Waals surface area contributed by atoms with Crippen LogP contribution in [-0.4, -0.2) is 45.1 Å². The van der Waals surface area contributed by atoms with Crippen LogP contribution in [0.5, 0.6) is 5.75 Å². The van der Waals surface area contributed by atoms with Gasteiger partial charge in [-0.25, -0.2) is 13.6 Å². The highest BCUT2D eigenvalue weighted by molar-refractivity contribution is 5.76. The molecule has 15 heteroatoms. The first kappa shape index (κ1) is 30.3. The lowest BCUT2D eigenvalue weighted by Gasteiger charge is -2.37. The molecule has 0 fully saturated rings. The Kier molecular flexibility index (Phi) is 8.68. The second kappa shape index (κ2) is 12.0. The minimum absolute atomic E-state index is 0.0116. The molecule has 0 radical (unpaired) electrons. The van der Waals surface area contributed by atoms with Crippen LogP contribution in [0, 0.1) is 11.6 Å². The summed E-state index contributed by atoms with van der Waals surface area (Å²) in [4.78, 5) is 14.5. The first-order valence-electron chi connectivity index (χ1n) is 12.3. The Balaban J connectivity index is 1.79. The molecule has 0 aliphatic heterocycles. The van der Waals surface area contributed by atoms with Gasteiger partial charge in [0.1, 0.15) is 17.4 Å². The third-order valence-corrected chi connectivity index (χ3v) is 6.10. The maximum Gasteiger partial charge on any atom is 0.499 e. The first-order chi connectivity index (χ1) is 19.8. The largest absolute Gasteiger partial charge is 0.499 e. The summed E-state index contributed by atoms with van der Waals surface area (Å²) in [6, 6.07) is 14.2. The van der Waals surface area contributed by atoms with Crippen LogP contribution in [0.25, 0.3) is 0 Å². The van der Waals surface area contributed by atoms with Crippen LogP contribution in [0.3, 0.4) is 0 Å². The number of benzene rings is 3. The zero-order valence-electron chi connectivity index (χ0n) is 21.8. The van der Waals surface area contributed by atoms with Crippen molar-refractivity contribution in [2.24, 2.45) is 7.05 Å². The molecule has 2 amide bonds. The summed E-state index contributed by atoms with van der Waals surface area (Å²) in [7, 11) is 1.55. The Bertz CT molecular complexity index is 1510. The highest BCUT2D eigenvalue weighted by atomic mass is 19.4. The number of alkyl halides is 5. The van der Waals surface area contributed by atoms with E-state index in [1.165, 1.54) is 16.9 Å². The number of ether oxygens (including phenoxy) is 1. The summed E-state index contributed by atoms with van der Waals surface area (Å²) in [5, 5.41) is 16.8. The van der Waals surface area contributed by atoms with Crippen LogP contribution in [0.2, 0.25) is 0 Å². The predicted molar refractivity (Wildman–Crippen MR) is 134 cm³/mol. The van der Waals surface area contributed by atoms with Gasteiger partial charge in [-0.2, -0.15) is 26.7 Å². The second-order valence-electron chi connectivity index (χ2n) is 9.19. The molecule has 1 aromatic heterocycles. The van der Waals surface area contributed by atoms with Gasteiger partial charge in [0, 0.05) is 25.5 Å². The lowest BCUT2D eigenvalue weighted by molar-refractivity contribution is -0.360. The van der Waals surface area contributed by atoms with Crippen molar-refractivity contribution in [3.63, 3.8) is 0 Å². The van der Waals surface area contributed by atoms with E-state index in [1.54, 1.807) is 37.4 Å². The van der Waals surface area contributed by atoms with Gasteiger partial charge in [0.05, 0.1) is 12.6 Å². The molecule has 0 saturated heterocycles. The fourth-order valence-corrected chi connectivity index (χ4v) is 4.22. The van der Waals surface area contributed by atoms with E-state index in [0.717, 1.165) is 24.3 Å².